The summed E-state index contributed by atoms with van der Waals surface area (Å²) in [5.41, 5.74) is 1.48. The van der Waals surface area contributed by atoms with Crippen molar-refractivity contribution in [3.63, 3.8) is 0 Å². The topological polar surface area (TPSA) is 51.5 Å². The molecular formula is C22H24FNO3. The minimum absolute atomic E-state index is 0.0998. The Morgan fingerprint density at radius 2 is 1.96 bits per heavy atom. The number of benzene rings is 2. The van der Waals surface area contributed by atoms with Gasteiger partial charge in [-0.05, 0) is 50.1 Å². The van der Waals surface area contributed by atoms with Gasteiger partial charge in [-0.15, -0.1) is 0 Å². The Balaban J connectivity index is 1.69. The first kappa shape index (κ1) is 19.0. The van der Waals surface area contributed by atoms with Crippen LogP contribution in [0.5, 0.6) is 5.75 Å². The molecule has 1 N–H and O–H groups in total. The van der Waals surface area contributed by atoms with E-state index in [4.69, 9.17) is 9.15 Å². The van der Waals surface area contributed by atoms with Crippen LogP contribution in [0.15, 0.2) is 52.9 Å². The van der Waals surface area contributed by atoms with Gasteiger partial charge in [0.05, 0.1) is 12.6 Å². The highest BCUT2D eigenvalue weighted by molar-refractivity contribution is 5.84. The van der Waals surface area contributed by atoms with E-state index < -0.39 is 0 Å². The molecular weight excluding hydrogens is 345 g/mol. The van der Waals surface area contributed by atoms with Crippen molar-refractivity contribution in [1.29, 1.82) is 0 Å². The lowest BCUT2D eigenvalue weighted by molar-refractivity contribution is -0.125. The van der Waals surface area contributed by atoms with Crippen LogP contribution in [0.2, 0.25) is 0 Å². The van der Waals surface area contributed by atoms with Gasteiger partial charge in [-0.25, -0.2) is 4.39 Å². The molecule has 0 bridgehead atoms. The number of fused-ring (bicyclic) bond motifs is 1. The number of para-hydroxylation sites is 1. The van der Waals surface area contributed by atoms with Crippen LogP contribution >= 0.6 is 0 Å². The highest BCUT2D eigenvalue weighted by Crippen LogP contribution is 2.31. The SMILES string of the molecule is CCOc1cccc2cc(C(C)NC(=O)C(C)Cc3cccc(F)c3)oc12. The van der Waals surface area contributed by atoms with Crippen molar-refractivity contribution in [1.82, 2.24) is 5.32 Å². The Bertz CT molecular complexity index is 934. The minimum Gasteiger partial charge on any atom is -0.490 e. The molecule has 0 saturated heterocycles. The zero-order valence-electron chi connectivity index (χ0n) is 15.8. The van der Waals surface area contributed by atoms with Crippen LogP contribution in [-0.2, 0) is 11.2 Å². The van der Waals surface area contributed by atoms with E-state index in [-0.39, 0.29) is 23.7 Å². The number of halogens is 1. The lowest BCUT2D eigenvalue weighted by atomic mass is 10.00. The zero-order valence-corrected chi connectivity index (χ0v) is 15.8. The van der Waals surface area contributed by atoms with Crippen LogP contribution in [0, 0.1) is 11.7 Å². The molecule has 1 heterocycles. The normalized spacial score (nSPS) is 13.3. The van der Waals surface area contributed by atoms with Gasteiger partial charge in [0, 0.05) is 11.3 Å². The van der Waals surface area contributed by atoms with Crippen LogP contribution in [0.3, 0.4) is 0 Å². The van der Waals surface area contributed by atoms with Crippen LogP contribution < -0.4 is 10.1 Å². The highest BCUT2D eigenvalue weighted by Gasteiger charge is 2.20. The van der Waals surface area contributed by atoms with E-state index >= 15 is 0 Å². The van der Waals surface area contributed by atoms with E-state index in [1.807, 2.05) is 51.1 Å². The molecule has 2 atom stereocenters. The molecule has 0 aliphatic rings. The summed E-state index contributed by atoms with van der Waals surface area (Å²) in [7, 11) is 0. The lowest BCUT2D eigenvalue weighted by Crippen LogP contribution is -2.32. The number of hydrogen-bond acceptors (Lipinski definition) is 3. The molecule has 1 aromatic heterocycles. The first-order valence-electron chi connectivity index (χ1n) is 9.18. The van der Waals surface area contributed by atoms with Crippen LogP contribution in [-0.4, -0.2) is 12.5 Å². The lowest BCUT2D eigenvalue weighted by Gasteiger charge is -2.16. The number of amides is 1. The first-order valence-corrected chi connectivity index (χ1v) is 9.18. The van der Waals surface area contributed by atoms with E-state index in [9.17, 15) is 9.18 Å². The Morgan fingerprint density at radius 3 is 2.70 bits per heavy atom. The molecule has 0 radical (unpaired) electrons. The summed E-state index contributed by atoms with van der Waals surface area (Å²) >= 11 is 0. The molecule has 2 aromatic carbocycles. The predicted octanol–water partition coefficient (Wildman–Crippen LogP) is 5.03. The second-order valence-corrected chi connectivity index (χ2v) is 6.72. The number of rotatable bonds is 7. The van der Waals surface area contributed by atoms with Gasteiger partial charge >= 0.3 is 0 Å². The number of ether oxygens (including phenoxy) is 1. The van der Waals surface area contributed by atoms with E-state index in [1.54, 1.807) is 6.07 Å². The van der Waals surface area contributed by atoms with Crippen molar-refractivity contribution < 1.29 is 18.3 Å². The van der Waals surface area contributed by atoms with Gasteiger partial charge < -0.3 is 14.5 Å². The average Bonchev–Trinajstić information content (AvgIpc) is 3.07. The third kappa shape index (κ3) is 4.48. The third-order valence-corrected chi connectivity index (χ3v) is 4.49. The molecule has 5 heteroatoms. The second-order valence-electron chi connectivity index (χ2n) is 6.72. The van der Waals surface area contributed by atoms with E-state index in [0.717, 1.165) is 10.9 Å². The monoisotopic (exact) mass is 369 g/mol. The van der Waals surface area contributed by atoms with E-state index in [0.29, 0.717) is 30.1 Å². The molecule has 27 heavy (non-hydrogen) atoms. The molecule has 1 amide bonds. The Hall–Kier alpha value is -2.82. The first-order chi connectivity index (χ1) is 13.0. The van der Waals surface area contributed by atoms with Gasteiger partial charge in [0.15, 0.2) is 11.3 Å². The van der Waals surface area contributed by atoms with Crippen molar-refractivity contribution in [2.75, 3.05) is 6.61 Å². The molecule has 4 nitrogen and oxygen atoms in total. The van der Waals surface area contributed by atoms with Crippen molar-refractivity contribution in [2.45, 2.75) is 33.2 Å². The van der Waals surface area contributed by atoms with Crippen molar-refractivity contribution in [2.24, 2.45) is 5.92 Å². The molecule has 3 aromatic rings. The summed E-state index contributed by atoms with van der Waals surface area (Å²) in [5.74, 6) is 0.693. The standard InChI is InChI=1S/C22H24FNO3/c1-4-26-19-10-6-8-17-13-20(27-21(17)19)15(3)24-22(25)14(2)11-16-7-5-9-18(23)12-16/h5-10,12-15H,4,11H2,1-3H3,(H,24,25). The number of carbonyl (C=O) groups is 1. The summed E-state index contributed by atoms with van der Waals surface area (Å²) in [4.78, 5) is 12.5. The van der Waals surface area contributed by atoms with Gasteiger partial charge in [0.25, 0.3) is 0 Å². The van der Waals surface area contributed by atoms with Crippen LogP contribution in [0.4, 0.5) is 4.39 Å². The fourth-order valence-electron chi connectivity index (χ4n) is 3.08. The van der Waals surface area contributed by atoms with E-state index in [1.165, 1.54) is 12.1 Å². The quantitative estimate of drug-likeness (QED) is 0.636. The van der Waals surface area contributed by atoms with Gasteiger partial charge in [0.2, 0.25) is 5.91 Å². The van der Waals surface area contributed by atoms with Gasteiger partial charge in [-0.3, -0.25) is 4.79 Å². The smallest absolute Gasteiger partial charge is 0.223 e. The van der Waals surface area contributed by atoms with Crippen molar-refractivity contribution in [3.8, 4) is 5.75 Å². The Labute approximate surface area is 158 Å². The molecule has 0 aliphatic carbocycles. The third-order valence-electron chi connectivity index (χ3n) is 4.49. The van der Waals surface area contributed by atoms with Crippen LogP contribution in [0.1, 0.15) is 38.1 Å². The summed E-state index contributed by atoms with van der Waals surface area (Å²) < 4.78 is 24.9. The fourth-order valence-corrected chi connectivity index (χ4v) is 3.08. The van der Waals surface area contributed by atoms with Crippen molar-refractivity contribution in [3.05, 3.63) is 65.7 Å². The largest absolute Gasteiger partial charge is 0.490 e. The maximum Gasteiger partial charge on any atom is 0.223 e. The molecule has 2 unspecified atom stereocenters. The molecule has 142 valence electrons. The number of furan rings is 1. The second kappa shape index (κ2) is 8.25. The molecule has 0 spiro atoms. The Morgan fingerprint density at radius 1 is 1.19 bits per heavy atom. The molecule has 0 aliphatic heterocycles. The average molecular weight is 369 g/mol. The minimum atomic E-state index is -0.291. The maximum absolute atomic E-state index is 13.3. The summed E-state index contributed by atoms with van der Waals surface area (Å²) in [6.07, 6.45) is 0.477. The fraction of sp³-hybridized carbons (Fsp3) is 0.318. The van der Waals surface area contributed by atoms with Gasteiger partial charge in [-0.1, -0.05) is 31.2 Å². The van der Waals surface area contributed by atoms with Crippen molar-refractivity contribution >= 4 is 16.9 Å². The zero-order chi connectivity index (χ0) is 19.4. The molecule has 0 saturated carbocycles. The molecule has 0 fully saturated rings. The van der Waals surface area contributed by atoms with E-state index in [2.05, 4.69) is 5.32 Å². The number of carbonyl (C=O) groups excluding carboxylic acids is 1. The Kier molecular flexibility index (Phi) is 5.79. The number of hydrogen-bond donors (Lipinski definition) is 1. The summed E-state index contributed by atoms with van der Waals surface area (Å²) in [6, 6.07) is 13.7. The molecule has 3 rings (SSSR count). The van der Waals surface area contributed by atoms with Gasteiger partial charge in [-0.2, -0.15) is 0 Å². The predicted molar refractivity (Wildman–Crippen MR) is 103 cm³/mol. The van der Waals surface area contributed by atoms with Gasteiger partial charge in [0.1, 0.15) is 11.6 Å². The number of nitrogens with one attached hydrogen (secondary N) is 1. The maximum atomic E-state index is 13.3. The van der Waals surface area contributed by atoms with Crippen LogP contribution in [0.25, 0.3) is 11.0 Å². The summed E-state index contributed by atoms with van der Waals surface area (Å²) in [5, 5.41) is 3.91. The highest BCUT2D eigenvalue weighted by atomic mass is 19.1. The summed E-state index contributed by atoms with van der Waals surface area (Å²) in [6.45, 7) is 6.19.